The molecule has 4 saturated carbocycles. The molecular weight excluding hydrogens is 456 g/mol. The van der Waals surface area contributed by atoms with Crippen LogP contribution in [0, 0.1) is 23.2 Å². The van der Waals surface area contributed by atoms with Gasteiger partial charge in [-0.1, -0.05) is 6.07 Å². The van der Waals surface area contributed by atoms with E-state index in [0.29, 0.717) is 31.2 Å². The summed E-state index contributed by atoms with van der Waals surface area (Å²) in [6.07, 6.45) is 11.0. The zero-order valence-electron chi connectivity index (χ0n) is 21.5. The van der Waals surface area contributed by atoms with Crippen LogP contribution in [0.1, 0.15) is 69.8 Å². The quantitative estimate of drug-likeness (QED) is 0.587. The Kier molecular flexibility index (Phi) is 6.61. The van der Waals surface area contributed by atoms with Crippen molar-refractivity contribution in [3.63, 3.8) is 0 Å². The van der Waals surface area contributed by atoms with Crippen LogP contribution in [0.4, 0.5) is 0 Å². The molecule has 2 aliphatic heterocycles. The molecule has 2 unspecified atom stereocenters. The molecule has 2 saturated heterocycles. The number of ether oxygens (including phenoxy) is 3. The van der Waals surface area contributed by atoms with Crippen LogP contribution in [-0.4, -0.2) is 55.7 Å². The van der Waals surface area contributed by atoms with Gasteiger partial charge >= 0.3 is 0 Å². The molecule has 0 radical (unpaired) electrons. The van der Waals surface area contributed by atoms with Gasteiger partial charge in [-0.3, -0.25) is 9.59 Å². The van der Waals surface area contributed by atoms with Crippen molar-refractivity contribution < 1.29 is 23.8 Å². The molecule has 2 atom stereocenters. The highest BCUT2D eigenvalue weighted by Gasteiger charge is 2.56. The maximum Gasteiger partial charge on any atom is 0.243 e. The molecule has 7 rings (SSSR count). The summed E-state index contributed by atoms with van der Waals surface area (Å²) in [4.78, 5) is 29.1. The zero-order valence-corrected chi connectivity index (χ0v) is 21.5. The molecule has 6 fully saturated rings. The molecule has 7 nitrogen and oxygen atoms in total. The lowest BCUT2D eigenvalue weighted by Gasteiger charge is -2.56. The second kappa shape index (κ2) is 9.88. The normalized spacial score (nSPS) is 34.7. The van der Waals surface area contributed by atoms with Crippen molar-refractivity contribution in [2.45, 2.75) is 82.9 Å². The number of methoxy groups -OCH3 is 1. The molecule has 2 heterocycles. The molecule has 0 spiro atoms. The minimum absolute atomic E-state index is 0.0387. The van der Waals surface area contributed by atoms with E-state index in [4.69, 9.17) is 14.2 Å². The molecule has 1 aromatic carbocycles. The first-order valence-electron chi connectivity index (χ1n) is 14.0. The van der Waals surface area contributed by atoms with Crippen LogP contribution in [0.2, 0.25) is 0 Å². The molecule has 36 heavy (non-hydrogen) atoms. The average Bonchev–Trinajstić information content (AvgIpc) is 3.57. The number of amides is 2. The Morgan fingerprint density at radius 1 is 1.06 bits per heavy atom. The third-order valence-corrected chi connectivity index (χ3v) is 9.45. The van der Waals surface area contributed by atoms with Crippen LogP contribution in [0.25, 0.3) is 0 Å². The molecule has 6 aliphatic rings. The van der Waals surface area contributed by atoms with Gasteiger partial charge in [-0.05, 0) is 99.7 Å². The Morgan fingerprint density at radius 2 is 1.81 bits per heavy atom. The maximum absolute atomic E-state index is 13.9. The summed E-state index contributed by atoms with van der Waals surface area (Å²) in [6, 6.07) is 5.42. The predicted molar refractivity (Wildman–Crippen MR) is 135 cm³/mol. The third-order valence-electron chi connectivity index (χ3n) is 9.45. The van der Waals surface area contributed by atoms with E-state index < -0.39 is 0 Å². The Hall–Kier alpha value is -2.28. The van der Waals surface area contributed by atoms with E-state index in [1.54, 1.807) is 7.11 Å². The number of carbonyl (C=O) groups excluding carboxylic acids is 2. The fourth-order valence-corrected chi connectivity index (χ4v) is 8.17. The summed E-state index contributed by atoms with van der Waals surface area (Å²) in [7, 11) is 1.63. The summed E-state index contributed by atoms with van der Waals surface area (Å²) < 4.78 is 17.1. The van der Waals surface area contributed by atoms with Gasteiger partial charge in [-0.25, -0.2) is 0 Å². The number of nitrogens with one attached hydrogen (secondary N) is 1. The van der Waals surface area contributed by atoms with Gasteiger partial charge in [-0.15, -0.1) is 0 Å². The molecular formula is C29H40N2O5. The second-order valence-corrected chi connectivity index (χ2v) is 12.0. The molecule has 7 heteroatoms. The topological polar surface area (TPSA) is 77.1 Å². The van der Waals surface area contributed by atoms with Gasteiger partial charge in [0.15, 0.2) is 11.5 Å². The summed E-state index contributed by atoms with van der Waals surface area (Å²) >= 11 is 0. The zero-order chi connectivity index (χ0) is 24.7. The van der Waals surface area contributed by atoms with Gasteiger partial charge in [-0.2, -0.15) is 0 Å². The van der Waals surface area contributed by atoms with Crippen molar-refractivity contribution >= 4 is 11.8 Å². The summed E-state index contributed by atoms with van der Waals surface area (Å²) in [6.45, 7) is 2.43. The van der Waals surface area contributed by atoms with E-state index in [1.807, 2.05) is 23.1 Å². The van der Waals surface area contributed by atoms with Gasteiger partial charge in [0.2, 0.25) is 11.8 Å². The van der Waals surface area contributed by atoms with Crippen LogP contribution >= 0.6 is 0 Å². The standard InChI is InChI=1S/C29H40N2O5/c1-34-26-13-19(6-7-25(26)36-18-23-4-3-9-35-23)17-30-27(32)24-5-2-8-31(24)28(33)29-14-20-10-21(15-29)12-22(11-20)16-29/h6-7,13,20-24H,2-5,8-12,14-18H2,1H3,(H,30,32). The van der Waals surface area contributed by atoms with Crippen LogP contribution < -0.4 is 14.8 Å². The highest BCUT2D eigenvalue weighted by molar-refractivity contribution is 5.91. The van der Waals surface area contributed by atoms with Crippen molar-refractivity contribution in [3.05, 3.63) is 23.8 Å². The molecule has 2 amide bonds. The van der Waals surface area contributed by atoms with Crippen molar-refractivity contribution in [1.82, 2.24) is 10.2 Å². The number of benzene rings is 1. The van der Waals surface area contributed by atoms with Gasteiger partial charge < -0.3 is 24.4 Å². The van der Waals surface area contributed by atoms with Crippen molar-refractivity contribution in [2.75, 3.05) is 26.9 Å². The first kappa shape index (κ1) is 24.1. The number of nitrogens with zero attached hydrogens (tertiary/aromatic N) is 1. The molecule has 196 valence electrons. The molecule has 1 N–H and O–H groups in total. The fraction of sp³-hybridized carbons (Fsp3) is 0.724. The lowest BCUT2D eigenvalue weighted by atomic mass is 9.49. The number of carbonyl (C=O) groups is 2. The van der Waals surface area contributed by atoms with E-state index in [0.717, 1.165) is 74.9 Å². The largest absolute Gasteiger partial charge is 0.493 e. The molecule has 1 aromatic rings. The van der Waals surface area contributed by atoms with Crippen molar-refractivity contribution in [2.24, 2.45) is 23.2 Å². The summed E-state index contributed by atoms with van der Waals surface area (Å²) in [5.41, 5.74) is 0.756. The van der Waals surface area contributed by atoms with Crippen LogP contribution in [0.15, 0.2) is 18.2 Å². The smallest absolute Gasteiger partial charge is 0.243 e. The van der Waals surface area contributed by atoms with E-state index in [1.165, 1.54) is 19.3 Å². The highest BCUT2D eigenvalue weighted by Crippen LogP contribution is 2.60. The van der Waals surface area contributed by atoms with Gasteiger partial charge in [0.05, 0.1) is 18.6 Å². The first-order valence-corrected chi connectivity index (χ1v) is 14.0. The molecule has 0 aromatic heterocycles. The Labute approximate surface area is 214 Å². The third kappa shape index (κ3) is 4.59. The Morgan fingerprint density at radius 3 is 2.47 bits per heavy atom. The van der Waals surface area contributed by atoms with Crippen molar-refractivity contribution in [1.29, 1.82) is 0 Å². The maximum atomic E-state index is 13.9. The lowest BCUT2D eigenvalue weighted by Crippen LogP contribution is -2.57. The number of hydrogen-bond acceptors (Lipinski definition) is 5. The van der Waals surface area contributed by atoms with E-state index >= 15 is 0 Å². The SMILES string of the molecule is COc1cc(CNC(=O)C2CCCN2C(=O)C23CC4CC(CC(C4)C2)C3)ccc1OCC1CCCO1. The minimum Gasteiger partial charge on any atom is -0.493 e. The fourth-order valence-electron chi connectivity index (χ4n) is 8.17. The van der Waals surface area contributed by atoms with Crippen molar-refractivity contribution in [3.8, 4) is 11.5 Å². The Bertz CT molecular complexity index is 953. The van der Waals surface area contributed by atoms with Crippen LogP contribution in [0.5, 0.6) is 11.5 Å². The predicted octanol–water partition coefficient (Wildman–Crippen LogP) is 4.08. The van der Waals surface area contributed by atoms with E-state index in [2.05, 4.69) is 5.32 Å². The monoisotopic (exact) mass is 496 g/mol. The minimum atomic E-state index is -0.346. The first-order chi connectivity index (χ1) is 17.5. The van der Waals surface area contributed by atoms with E-state index in [-0.39, 0.29) is 29.4 Å². The summed E-state index contributed by atoms with van der Waals surface area (Å²) in [5.74, 6) is 3.75. The van der Waals surface area contributed by atoms with Gasteiger partial charge in [0.25, 0.3) is 0 Å². The number of rotatable bonds is 8. The second-order valence-electron chi connectivity index (χ2n) is 12.0. The lowest BCUT2D eigenvalue weighted by molar-refractivity contribution is -0.160. The average molecular weight is 497 g/mol. The number of hydrogen-bond donors (Lipinski definition) is 1. The molecule has 4 aliphatic carbocycles. The van der Waals surface area contributed by atoms with Crippen LogP contribution in [0.3, 0.4) is 0 Å². The highest BCUT2D eigenvalue weighted by atomic mass is 16.5. The number of likely N-dealkylation sites (tertiary alicyclic amines) is 1. The van der Waals surface area contributed by atoms with Gasteiger partial charge in [0, 0.05) is 19.7 Å². The molecule has 4 bridgehead atoms. The van der Waals surface area contributed by atoms with Gasteiger partial charge in [0.1, 0.15) is 12.6 Å². The summed E-state index contributed by atoms with van der Waals surface area (Å²) in [5, 5.41) is 3.10. The van der Waals surface area contributed by atoms with Crippen LogP contribution in [-0.2, 0) is 20.9 Å². The Balaban J connectivity index is 1.07. The van der Waals surface area contributed by atoms with E-state index in [9.17, 15) is 9.59 Å².